The van der Waals surface area contributed by atoms with Gasteiger partial charge in [-0.15, -0.1) is 0 Å². The highest BCUT2D eigenvalue weighted by Crippen LogP contribution is 2.29. The number of hydrogen-bond donors (Lipinski definition) is 2. The van der Waals surface area contributed by atoms with E-state index in [1.165, 1.54) is 6.07 Å². The molecule has 2 rings (SSSR count). The lowest BCUT2D eigenvalue weighted by Gasteiger charge is -2.09. The number of aromatic hydroxyl groups is 2. The average Bonchev–Trinajstić information content (AvgIpc) is 2.49. The fourth-order valence-electron chi connectivity index (χ4n) is 2.28. The van der Waals surface area contributed by atoms with Crippen LogP contribution in [0.4, 0.5) is 0 Å². The second-order valence-corrected chi connectivity index (χ2v) is 5.03. The molecule has 0 aliphatic carbocycles. The Bertz CT molecular complexity index is 660. The number of benzene rings is 2. The monoisotopic (exact) mass is 300 g/mol. The molecule has 0 fully saturated rings. The SMILES string of the molecule is CCOc1ccc(CC(=O)c2cc(CC)c(O)cc2O)cc1. The maximum Gasteiger partial charge on any atom is 0.170 e. The van der Waals surface area contributed by atoms with Crippen molar-refractivity contribution in [3.63, 3.8) is 0 Å². The van der Waals surface area contributed by atoms with Gasteiger partial charge >= 0.3 is 0 Å². The summed E-state index contributed by atoms with van der Waals surface area (Å²) in [5.74, 6) is 0.402. The summed E-state index contributed by atoms with van der Waals surface area (Å²) in [6, 6.07) is 10.1. The number of carbonyl (C=O) groups is 1. The lowest BCUT2D eigenvalue weighted by Crippen LogP contribution is -2.05. The lowest BCUT2D eigenvalue weighted by atomic mass is 9.99. The van der Waals surface area contributed by atoms with E-state index in [1.54, 1.807) is 6.07 Å². The number of carbonyl (C=O) groups excluding carboxylic acids is 1. The molecule has 22 heavy (non-hydrogen) atoms. The molecule has 4 heteroatoms. The smallest absolute Gasteiger partial charge is 0.170 e. The summed E-state index contributed by atoms with van der Waals surface area (Å²) in [7, 11) is 0. The molecule has 0 radical (unpaired) electrons. The first-order valence-electron chi connectivity index (χ1n) is 7.35. The Kier molecular flexibility index (Phi) is 5.04. The van der Waals surface area contributed by atoms with Gasteiger partial charge in [0.15, 0.2) is 5.78 Å². The molecule has 0 saturated heterocycles. The van der Waals surface area contributed by atoms with Gasteiger partial charge in [0.05, 0.1) is 12.2 Å². The maximum absolute atomic E-state index is 12.4. The normalized spacial score (nSPS) is 10.5. The van der Waals surface area contributed by atoms with E-state index < -0.39 is 0 Å². The first kappa shape index (κ1) is 15.9. The molecule has 0 spiro atoms. The van der Waals surface area contributed by atoms with Crippen LogP contribution in [0.3, 0.4) is 0 Å². The van der Waals surface area contributed by atoms with E-state index in [4.69, 9.17) is 4.74 Å². The Morgan fingerprint density at radius 3 is 2.32 bits per heavy atom. The van der Waals surface area contributed by atoms with Gasteiger partial charge in [-0.2, -0.15) is 0 Å². The van der Waals surface area contributed by atoms with E-state index >= 15 is 0 Å². The molecule has 2 aromatic rings. The largest absolute Gasteiger partial charge is 0.508 e. The first-order valence-corrected chi connectivity index (χ1v) is 7.35. The standard InChI is InChI=1S/C18H20O4/c1-3-13-10-15(18(21)11-16(13)19)17(20)9-12-5-7-14(8-6-12)22-4-2/h5-8,10-11,19,21H,3-4,9H2,1-2H3. The number of phenols is 2. The number of hydrogen-bond acceptors (Lipinski definition) is 4. The van der Waals surface area contributed by atoms with Gasteiger partial charge in [-0.3, -0.25) is 4.79 Å². The van der Waals surface area contributed by atoms with Crippen LogP contribution in [0.2, 0.25) is 0 Å². The van der Waals surface area contributed by atoms with E-state index in [-0.39, 0.29) is 29.3 Å². The Balaban J connectivity index is 2.18. The van der Waals surface area contributed by atoms with Crippen molar-refractivity contribution in [2.45, 2.75) is 26.7 Å². The van der Waals surface area contributed by atoms with Gasteiger partial charge in [0.25, 0.3) is 0 Å². The molecular formula is C18H20O4. The van der Waals surface area contributed by atoms with E-state index in [2.05, 4.69) is 0 Å². The van der Waals surface area contributed by atoms with E-state index in [0.29, 0.717) is 18.6 Å². The number of rotatable bonds is 6. The predicted molar refractivity (Wildman–Crippen MR) is 84.8 cm³/mol. The Morgan fingerprint density at radius 2 is 1.73 bits per heavy atom. The minimum absolute atomic E-state index is 0.0117. The van der Waals surface area contributed by atoms with Crippen LogP contribution in [-0.4, -0.2) is 22.6 Å². The molecule has 0 aliphatic rings. The van der Waals surface area contributed by atoms with Crippen molar-refractivity contribution in [1.82, 2.24) is 0 Å². The van der Waals surface area contributed by atoms with Gasteiger partial charge in [0.1, 0.15) is 17.2 Å². The molecule has 0 aromatic heterocycles. The Hall–Kier alpha value is -2.49. The summed E-state index contributed by atoms with van der Waals surface area (Å²) < 4.78 is 5.36. The zero-order valence-corrected chi connectivity index (χ0v) is 12.8. The minimum atomic E-state index is -0.189. The van der Waals surface area contributed by atoms with Crippen molar-refractivity contribution < 1.29 is 19.7 Å². The van der Waals surface area contributed by atoms with E-state index in [1.807, 2.05) is 38.1 Å². The van der Waals surface area contributed by atoms with Crippen molar-refractivity contribution in [2.24, 2.45) is 0 Å². The van der Waals surface area contributed by atoms with Crippen molar-refractivity contribution in [3.05, 3.63) is 53.1 Å². The van der Waals surface area contributed by atoms with E-state index in [0.717, 1.165) is 11.3 Å². The molecule has 2 aromatic carbocycles. The third kappa shape index (κ3) is 3.58. The second kappa shape index (κ2) is 6.98. The van der Waals surface area contributed by atoms with Crippen LogP contribution in [0.25, 0.3) is 0 Å². The van der Waals surface area contributed by atoms with Crippen molar-refractivity contribution in [1.29, 1.82) is 0 Å². The highest BCUT2D eigenvalue weighted by Gasteiger charge is 2.15. The summed E-state index contributed by atoms with van der Waals surface area (Å²) in [6.07, 6.45) is 0.781. The minimum Gasteiger partial charge on any atom is -0.508 e. The summed E-state index contributed by atoms with van der Waals surface area (Å²) in [5, 5.41) is 19.6. The number of phenolic OH excluding ortho intramolecular Hbond substituents is 2. The van der Waals surface area contributed by atoms with E-state index in [9.17, 15) is 15.0 Å². The first-order chi connectivity index (χ1) is 10.5. The number of ketones is 1. The molecular weight excluding hydrogens is 280 g/mol. The van der Waals surface area contributed by atoms with Crippen LogP contribution in [-0.2, 0) is 12.8 Å². The molecule has 0 heterocycles. The zero-order chi connectivity index (χ0) is 16.1. The summed E-state index contributed by atoms with van der Waals surface area (Å²) >= 11 is 0. The predicted octanol–water partition coefficient (Wildman–Crippen LogP) is 3.48. The molecule has 116 valence electrons. The van der Waals surface area contributed by atoms with Crippen LogP contribution in [0.1, 0.15) is 35.3 Å². The number of Topliss-reactive ketones (excluding diaryl/α,β-unsaturated/α-hetero) is 1. The summed E-state index contributed by atoms with van der Waals surface area (Å²) in [4.78, 5) is 12.4. The van der Waals surface area contributed by atoms with Gasteiger partial charge in [0, 0.05) is 12.5 Å². The van der Waals surface area contributed by atoms with Gasteiger partial charge in [-0.25, -0.2) is 0 Å². The van der Waals surface area contributed by atoms with Crippen LogP contribution in [0, 0.1) is 0 Å². The highest BCUT2D eigenvalue weighted by atomic mass is 16.5. The van der Waals surface area contributed by atoms with Gasteiger partial charge in [-0.05, 0) is 42.7 Å². The second-order valence-electron chi connectivity index (χ2n) is 5.03. The maximum atomic E-state index is 12.4. The fraction of sp³-hybridized carbons (Fsp3) is 0.278. The molecule has 0 atom stereocenters. The van der Waals surface area contributed by atoms with Crippen molar-refractivity contribution in [3.8, 4) is 17.2 Å². The Morgan fingerprint density at radius 1 is 1.05 bits per heavy atom. The summed E-state index contributed by atoms with van der Waals surface area (Å²) in [6.45, 7) is 4.39. The van der Waals surface area contributed by atoms with Crippen molar-refractivity contribution >= 4 is 5.78 Å². The zero-order valence-electron chi connectivity index (χ0n) is 12.8. The van der Waals surface area contributed by atoms with Gasteiger partial charge < -0.3 is 14.9 Å². The molecule has 2 N–H and O–H groups in total. The quantitative estimate of drug-likeness (QED) is 0.801. The third-order valence-electron chi connectivity index (χ3n) is 3.48. The number of ether oxygens (including phenoxy) is 1. The molecule has 0 unspecified atom stereocenters. The van der Waals surface area contributed by atoms with Crippen molar-refractivity contribution in [2.75, 3.05) is 6.61 Å². The molecule has 0 bridgehead atoms. The topological polar surface area (TPSA) is 66.8 Å². The lowest BCUT2D eigenvalue weighted by molar-refractivity contribution is 0.0990. The number of aryl methyl sites for hydroxylation is 1. The Labute approximate surface area is 130 Å². The molecule has 4 nitrogen and oxygen atoms in total. The third-order valence-corrected chi connectivity index (χ3v) is 3.48. The van der Waals surface area contributed by atoms with Crippen LogP contribution >= 0.6 is 0 Å². The average molecular weight is 300 g/mol. The molecule has 0 saturated carbocycles. The van der Waals surface area contributed by atoms with Gasteiger partial charge in [0.2, 0.25) is 0 Å². The summed E-state index contributed by atoms with van der Waals surface area (Å²) in [5.41, 5.74) is 1.73. The van der Waals surface area contributed by atoms with Crippen LogP contribution < -0.4 is 4.74 Å². The van der Waals surface area contributed by atoms with Crippen LogP contribution in [0.15, 0.2) is 36.4 Å². The fourth-order valence-corrected chi connectivity index (χ4v) is 2.28. The molecule has 0 amide bonds. The van der Waals surface area contributed by atoms with Crippen LogP contribution in [0.5, 0.6) is 17.2 Å². The highest BCUT2D eigenvalue weighted by molar-refractivity contribution is 6.00. The van der Waals surface area contributed by atoms with Gasteiger partial charge in [-0.1, -0.05) is 19.1 Å². The molecule has 0 aliphatic heterocycles.